The second-order valence-electron chi connectivity index (χ2n) is 4.09. The van der Waals surface area contributed by atoms with E-state index < -0.39 is 0 Å². The summed E-state index contributed by atoms with van der Waals surface area (Å²) < 4.78 is 5.31. The Morgan fingerprint density at radius 2 is 1.89 bits per heavy atom. The van der Waals surface area contributed by atoms with Gasteiger partial charge in [0, 0.05) is 24.5 Å². The van der Waals surface area contributed by atoms with Crippen LogP contribution in [0, 0.1) is 0 Å². The number of hydrogen-bond acceptors (Lipinski definition) is 3. The van der Waals surface area contributed by atoms with Crippen molar-refractivity contribution in [2.75, 3.05) is 13.7 Å². The van der Waals surface area contributed by atoms with Crippen molar-refractivity contribution in [1.29, 1.82) is 0 Å². The van der Waals surface area contributed by atoms with Crippen LogP contribution in [0.1, 0.15) is 11.1 Å². The van der Waals surface area contributed by atoms with Gasteiger partial charge in [-0.05, 0) is 36.7 Å². The molecule has 0 spiro atoms. The van der Waals surface area contributed by atoms with E-state index in [2.05, 4.69) is 16.4 Å². The number of methoxy groups -OCH3 is 1. The highest BCUT2D eigenvalue weighted by Gasteiger charge is 2.00. The Bertz CT molecular complexity index is 471. The van der Waals surface area contributed by atoms with Crippen LogP contribution in [0.4, 0.5) is 0 Å². The van der Waals surface area contributed by atoms with E-state index in [9.17, 15) is 0 Å². The number of benzene rings is 1. The molecule has 18 heavy (non-hydrogen) atoms. The minimum absolute atomic E-state index is 0.828. The molecule has 0 aliphatic heterocycles. The molecule has 3 nitrogen and oxygen atoms in total. The van der Waals surface area contributed by atoms with Crippen LogP contribution in [0.15, 0.2) is 48.8 Å². The molecular formula is C15H18N2O. The molecule has 3 heteroatoms. The van der Waals surface area contributed by atoms with Crippen LogP contribution in [-0.2, 0) is 13.0 Å². The monoisotopic (exact) mass is 242 g/mol. The topological polar surface area (TPSA) is 34.1 Å². The molecule has 0 fully saturated rings. The van der Waals surface area contributed by atoms with Gasteiger partial charge in [-0.15, -0.1) is 0 Å². The van der Waals surface area contributed by atoms with Crippen molar-refractivity contribution in [3.8, 4) is 5.75 Å². The zero-order chi connectivity index (χ0) is 12.6. The molecule has 0 bridgehead atoms. The fourth-order valence-corrected chi connectivity index (χ4v) is 1.85. The molecule has 0 saturated carbocycles. The number of pyridine rings is 1. The largest absolute Gasteiger partial charge is 0.496 e. The van der Waals surface area contributed by atoms with Crippen LogP contribution < -0.4 is 10.1 Å². The van der Waals surface area contributed by atoms with Crippen molar-refractivity contribution in [3.63, 3.8) is 0 Å². The highest BCUT2D eigenvalue weighted by atomic mass is 16.5. The fourth-order valence-electron chi connectivity index (χ4n) is 1.85. The molecule has 0 unspecified atom stereocenters. The predicted molar refractivity (Wildman–Crippen MR) is 72.6 cm³/mol. The molecule has 0 atom stereocenters. The van der Waals surface area contributed by atoms with Crippen molar-refractivity contribution in [2.24, 2.45) is 0 Å². The van der Waals surface area contributed by atoms with Crippen molar-refractivity contribution >= 4 is 0 Å². The summed E-state index contributed by atoms with van der Waals surface area (Å²) in [6.45, 7) is 1.77. The van der Waals surface area contributed by atoms with E-state index in [1.54, 1.807) is 7.11 Å². The molecule has 1 aromatic carbocycles. The Balaban J connectivity index is 1.78. The molecule has 1 aromatic heterocycles. The summed E-state index contributed by atoms with van der Waals surface area (Å²) in [5.74, 6) is 0.939. The Morgan fingerprint density at radius 1 is 1.11 bits per heavy atom. The number of hydrogen-bond donors (Lipinski definition) is 1. The second kappa shape index (κ2) is 6.77. The second-order valence-corrected chi connectivity index (χ2v) is 4.09. The van der Waals surface area contributed by atoms with Gasteiger partial charge in [0.1, 0.15) is 5.75 Å². The van der Waals surface area contributed by atoms with Gasteiger partial charge >= 0.3 is 0 Å². The highest BCUT2D eigenvalue weighted by Crippen LogP contribution is 2.16. The molecule has 1 N–H and O–H groups in total. The third kappa shape index (κ3) is 3.57. The van der Waals surface area contributed by atoms with Crippen molar-refractivity contribution in [2.45, 2.75) is 13.0 Å². The maximum Gasteiger partial charge on any atom is 0.123 e. The summed E-state index contributed by atoms with van der Waals surface area (Å²) in [7, 11) is 1.70. The zero-order valence-corrected chi connectivity index (χ0v) is 10.6. The number of rotatable bonds is 6. The molecule has 2 rings (SSSR count). The zero-order valence-electron chi connectivity index (χ0n) is 10.6. The normalized spacial score (nSPS) is 10.3. The van der Waals surface area contributed by atoms with Gasteiger partial charge in [-0.25, -0.2) is 0 Å². The smallest absolute Gasteiger partial charge is 0.123 e. The molecular weight excluding hydrogens is 224 g/mol. The Hall–Kier alpha value is -1.87. The third-order valence-electron chi connectivity index (χ3n) is 2.85. The van der Waals surface area contributed by atoms with Crippen LogP contribution >= 0.6 is 0 Å². The van der Waals surface area contributed by atoms with Crippen LogP contribution in [0.25, 0.3) is 0 Å². The minimum atomic E-state index is 0.828. The highest BCUT2D eigenvalue weighted by molar-refractivity contribution is 5.32. The molecule has 1 heterocycles. The lowest BCUT2D eigenvalue weighted by atomic mass is 10.2. The first-order valence-corrected chi connectivity index (χ1v) is 6.11. The Kier molecular flexibility index (Phi) is 4.73. The first-order valence-electron chi connectivity index (χ1n) is 6.11. The average molecular weight is 242 g/mol. The van der Waals surface area contributed by atoms with Gasteiger partial charge in [0.15, 0.2) is 0 Å². The summed E-state index contributed by atoms with van der Waals surface area (Å²) in [6, 6.07) is 12.2. The lowest BCUT2D eigenvalue weighted by Gasteiger charge is -2.09. The summed E-state index contributed by atoms with van der Waals surface area (Å²) in [4.78, 5) is 4.01. The maximum atomic E-state index is 5.31. The number of para-hydroxylation sites is 1. The summed E-state index contributed by atoms with van der Waals surface area (Å²) in [6.07, 6.45) is 4.67. The molecule has 0 aliphatic carbocycles. The minimum Gasteiger partial charge on any atom is -0.496 e. The van der Waals surface area contributed by atoms with E-state index in [1.165, 1.54) is 11.1 Å². The van der Waals surface area contributed by atoms with Gasteiger partial charge in [-0.2, -0.15) is 0 Å². The van der Waals surface area contributed by atoms with Gasteiger partial charge < -0.3 is 10.1 Å². The van der Waals surface area contributed by atoms with Crippen molar-refractivity contribution in [3.05, 3.63) is 59.9 Å². The Labute approximate surface area is 108 Å². The van der Waals surface area contributed by atoms with Gasteiger partial charge in [0.25, 0.3) is 0 Å². The van der Waals surface area contributed by atoms with E-state index in [4.69, 9.17) is 4.74 Å². The summed E-state index contributed by atoms with van der Waals surface area (Å²) in [5.41, 5.74) is 2.49. The molecule has 2 aromatic rings. The molecule has 0 radical (unpaired) electrons. The maximum absolute atomic E-state index is 5.31. The number of nitrogens with zero attached hydrogens (tertiary/aromatic N) is 1. The van der Waals surface area contributed by atoms with Crippen molar-refractivity contribution < 1.29 is 4.74 Å². The SMILES string of the molecule is COc1ccccc1CNCCc1ccncc1. The average Bonchev–Trinajstić information content (AvgIpc) is 2.45. The van der Waals surface area contributed by atoms with E-state index in [0.29, 0.717) is 0 Å². The first-order chi connectivity index (χ1) is 8.90. The lowest BCUT2D eigenvalue weighted by molar-refractivity contribution is 0.408. The van der Waals surface area contributed by atoms with Crippen LogP contribution in [0.3, 0.4) is 0 Å². The quantitative estimate of drug-likeness (QED) is 0.790. The number of aromatic nitrogens is 1. The molecule has 0 amide bonds. The molecule has 0 saturated heterocycles. The van der Waals surface area contributed by atoms with E-state index in [-0.39, 0.29) is 0 Å². The number of nitrogens with one attached hydrogen (secondary N) is 1. The van der Waals surface area contributed by atoms with E-state index in [1.807, 2.05) is 42.7 Å². The summed E-state index contributed by atoms with van der Waals surface area (Å²) in [5, 5.41) is 3.42. The fraction of sp³-hybridized carbons (Fsp3) is 0.267. The van der Waals surface area contributed by atoms with Crippen LogP contribution in [0.5, 0.6) is 5.75 Å². The molecule has 0 aliphatic rings. The van der Waals surface area contributed by atoms with E-state index >= 15 is 0 Å². The third-order valence-corrected chi connectivity index (χ3v) is 2.85. The Morgan fingerprint density at radius 3 is 2.67 bits per heavy atom. The standard InChI is InChI=1S/C15H18N2O/c1-18-15-5-3-2-4-14(15)12-17-11-8-13-6-9-16-10-7-13/h2-7,9-10,17H,8,11-12H2,1H3. The van der Waals surface area contributed by atoms with Gasteiger partial charge in [0.2, 0.25) is 0 Å². The predicted octanol–water partition coefficient (Wildman–Crippen LogP) is 2.42. The van der Waals surface area contributed by atoms with Crippen molar-refractivity contribution in [1.82, 2.24) is 10.3 Å². The number of ether oxygens (including phenoxy) is 1. The molecule has 94 valence electrons. The van der Waals surface area contributed by atoms with E-state index in [0.717, 1.165) is 25.3 Å². The lowest BCUT2D eigenvalue weighted by Crippen LogP contribution is -2.17. The van der Waals surface area contributed by atoms with Gasteiger partial charge in [0.05, 0.1) is 7.11 Å². The van der Waals surface area contributed by atoms with Gasteiger partial charge in [-0.1, -0.05) is 18.2 Å². The van der Waals surface area contributed by atoms with Gasteiger partial charge in [-0.3, -0.25) is 4.98 Å². The summed E-state index contributed by atoms with van der Waals surface area (Å²) >= 11 is 0. The van der Waals surface area contributed by atoms with Crippen LogP contribution in [-0.4, -0.2) is 18.6 Å². The van der Waals surface area contributed by atoms with Crippen LogP contribution in [0.2, 0.25) is 0 Å². The first kappa shape index (κ1) is 12.6.